The van der Waals surface area contributed by atoms with E-state index in [0.717, 1.165) is 0 Å². The van der Waals surface area contributed by atoms with Gasteiger partial charge in [-0.05, 0) is 13.8 Å². The summed E-state index contributed by atoms with van der Waals surface area (Å²) in [6.45, 7) is 3.65. The molecule has 0 unspecified atom stereocenters. The van der Waals surface area contributed by atoms with Crippen LogP contribution in [0.2, 0.25) is 0 Å². The predicted molar refractivity (Wildman–Crippen MR) is 43.3 cm³/mol. The van der Waals surface area contributed by atoms with Gasteiger partial charge in [0, 0.05) is 0 Å². The number of hydrogen-bond donors (Lipinski definition) is 2. The molecule has 0 aliphatic carbocycles. The lowest BCUT2D eigenvalue weighted by atomic mass is 10.3. The van der Waals surface area contributed by atoms with Crippen LogP contribution in [-0.4, -0.2) is 31.1 Å². The standard InChI is InChI=1S/C7H14N2O3/c1-3-12-7(11)5(2)9-4-6(8)10/h5,9H,3-4H2,1-2H3,(H2,8,10)/t5-/m0/s1. The molecule has 12 heavy (non-hydrogen) atoms. The van der Waals surface area contributed by atoms with Crippen LogP contribution in [0.25, 0.3) is 0 Å². The van der Waals surface area contributed by atoms with Gasteiger partial charge in [-0.3, -0.25) is 14.9 Å². The zero-order valence-electron chi connectivity index (χ0n) is 7.29. The molecule has 70 valence electrons. The number of carbonyl (C=O) groups excluding carboxylic acids is 2. The van der Waals surface area contributed by atoms with Crippen molar-refractivity contribution in [1.82, 2.24) is 5.32 Å². The minimum atomic E-state index is -0.494. The fourth-order valence-electron chi connectivity index (χ4n) is 0.604. The van der Waals surface area contributed by atoms with Crippen molar-refractivity contribution in [1.29, 1.82) is 0 Å². The number of nitrogens with one attached hydrogen (secondary N) is 1. The molecule has 0 saturated heterocycles. The Bertz CT molecular complexity index is 170. The van der Waals surface area contributed by atoms with E-state index in [1.807, 2.05) is 0 Å². The molecule has 5 nitrogen and oxygen atoms in total. The molecule has 0 saturated carbocycles. The normalized spacial score (nSPS) is 12.2. The minimum Gasteiger partial charge on any atom is -0.465 e. The van der Waals surface area contributed by atoms with Gasteiger partial charge in [0.15, 0.2) is 0 Å². The zero-order chi connectivity index (χ0) is 9.56. The highest BCUT2D eigenvalue weighted by Crippen LogP contribution is 1.86. The van der Waals surface area contributed by atoms with Gasteiger partial charge >= 0.3 is 5.97 Å². The van der Waals surface area contributed by atoms with Gasteiger partial charge < -0.3 is 10.5 Å². The molecule has 0 fully saturated rings. The molecule has 0 rings (SSSR count). The fourth-order valence-corrected chi connectivity index (χ4v) is 0.604. The van der Waals surface area contributed by atoms with Crippen molar-refractivity contribution in [3.63, 3.8) is 0 Å². The number of hydrogen-bond acceptors (Lipinski definition) is 4. The summed E-state index contributed by atoms with van der Waals surface area (Å²) in [4.78, 5) is 21.2. The van der Waals surface area contributed by atoms with Crippen LogP contribution in [0.3, 0.4) is 0 Å². The Hall–Kier alpha value is -1.10. The van der Waals surface area contributed by atoms with E-state index in [4.69, 9.17) is 5.73 Å². The van der Waals surface area contributed by atoms with E-state index in [1.165, 1.54) is 0 Å². The van der Waals surface area contributed by atoms with Crippen LogP contribution in [-0.2, 0) is 14.3 Å². The smallest absolute Gasteiger partial charge is 0.322 e. The van der Waals surface area contributed by atoms with Gasteiger partial charge in [-0.15, -0.1) is 0 Å². The van der Waals surface area contributed by atoms with Gasteiger partial charge in [0.2, 0.25) is 5.91 Å². The summed E-state index contributed by atoms with van der Waals surface area (Å²) in [7, 11) is 0. The number of esters is 1. The Morgan fingerprint density at radius 1 is 1.58 bits per heavy atom. The summed E-state index contributed by atoms with van der Waals surface area (Å²) in [6.07, 6.45) is 0. The Labute approximate surface area is 71.3 Å². The molecule has 0 aromatic carbocycles. The second kappa shape index (κ2) is 5.54. The van der Waals surface area contributed by atoms with Crippen LogP contribution in [0.15, 0.2) is 0 Å². The molecular formula is C7H14N2O3. The lowest BCUT2D eigenvalue weighted by Crippen LogP contribution is -2.40. The van der Waals surface area contributed by atoms with Crippen LogP contribution < -0.4 is 11.1 Å². The molecule has 1 atom stereocenters. The lowest BCUT2D eigenvalue weighted by Gasteiger charge is -2.10. The van der Waals surface area contributed by atoms with Crippen molar-refractivity contribution >= 4 is 11.9 Å². The maximum absolute atomic E-state index is 10.9. The largest absolute Gasteiger partial charge is 0.465 e. The molecule has 0 bridgehead atoms. The van der Waals surface area contributed by atoms with Crippen molar-refractivity contribution < 1.29 is 14.3 Å². The number of primary amides is 1. The zero-order valence-corrected chi connectivity index (χ0v) is 7.29. The first-order chi connectivity index (χ1) is 5.57. The predicted octanol–water partition coefficient (Wildman–Crippen LogP) is -0.987. The lowest BCUT2D eigenvalue weighted by molar-refractivity contribution is -0.145. The molecule has 0 spiro atoms. The van der Waals surface area contributed by atoms with E-state index in [2.05, 4.69) is 10.1 Å². The molecule has 3 N–H and O–H groups in total. The van der Waals surface area contributed by atoms with Gasteiger partial charge in [-0.2, -0.15) is 0 Å². The van der Waals surface area contributed by atoms with Gasteiger partial charge in [0.25, 0.3) is 0 Å². The highest BCUT2D eigenvalue weighted by molar-refractivity contribution is 5.79. The summed E-state index contributed by atoms with van der Waals surface area (Å²) in [5, 5.41) is 2.62. The Morgan fingerprint density at radius 2 is 2.17 bits per heavy atom. The topological polar surface area (TPSA) is 81.4 Å². The number of amides is 1. The third-order valence-electron chi connectivity index (χ3n) is 1.22. The highest BCUT2D eigenvalue weighted by atomic mass is 16.5. The first-order valence-electron chi connectivity index (χ1n) is 3.76. The molecule has 0 heterocycles. The van der Waals surface area contributed by atoms with Crippen LogP contribution in [0.4, 0.5) is 0 Å². The third kappa shape index (κ3) is 4.68. The molecule has 0 aliphatic rings. The minimum absolute atomic E-state index is 0.0139. The van der Waals surface area contributed by atoms with Gasteiger partial charge in [0.05, 0.1) is 13.2 Å². The first kappa shape index (κ1) is 10.9. The molecule has 0 aromatic heterocycles. The maximum atomic E-state index is 10.9. The van der Waals surface area contributed by atoms with Crippen LogP contribution >= 0.6 is 0 Å². The van der Waals surface area contributed by atoms with Crippen LogP contribution in [0.5, 0.6) is 0 Å². The monoisotopic (exact) mass is 174 g/mol. The van der Waals surface area contributed by atoms with E-state index in [1.54, 1.807) is 13.8 Å². The van der Waals surface area contributed by atoms with E-state index in [0.29, 0.717) is 6.61 Å². The second-order valence-electron chi connectivity index (χ2n) is 2.32. The number of nitrogens with two attached hydrogens (primary N) is 1. The summed E-state index contributed by atoms with van der Waals surface area (Å²) in [6, 6.07) is -0.488. The van der Waals surface area contributed by atoms with E-state index < -0.39 is 11.9 Å². The van der Waals surface area contributed by atoms with Crippen LogP contribution in [0.1, 0.15) is 13.8 Å². The quantitative estimate of drug-likeness (QED) is 0.524. The van der Waals surface area contributed by atoms with Crippen molar-refractivity contribution in [2.75, 3.05) is 13.2 Å². The SMILES string of the molecule is CCOC(=O)[C@H](C)NCC(N)=O. The molecule has 0 aliphatic heterocycles. The van der Waals surface area contributed by atoms with Crippen molar-refractivity contribution in [3.05, 3.63) is 0 Å². The summed E-state index contributed by atoms with van der Waals surface area (Å²) in [5.41, 5.74) is 4.86. The van der Waals surface area contributed by atoms with Crippen molar-refractivity contribution in [2.24, 2.45) is 5.73 Å². The number of rotatable bonds is 5. The average Bonchev–Trinajstić information content (AvgIpc) is 2.00. The molecular weight excluding hydrogens is 160 g/mol. The fraction of sp³-hybridized carbons (Fsp3) is 0.714. The Kier molecular flexibility index (Phi) is 5.03. The number of ether oxygens (including phenoxy) is 1. The molecule has 5 heteroatoms. The molecule has 0 aromatic rings. The van der Waals surface area contributed by atoms with E-state index >= 15 is 0 Å². The van der Waals surface area contributed by atoms with Gasteiger partial charge in [-0.25, -0.2) is 0 Å². The third-order valence-corrected chi connectivity index (χ3v) is 1.22. The summed E-state index contributed by atoms with van der Waals surface area (Å²) in [5.74, 6) is -0.870. The summed E-state index contributed by atoms with van der Waals surface area (Å²) >= 11 is 0. The Balaban J connectivity index is 3.63. The Morgan fingerprint density at radius 3 is 2.58 bits per heavy atom. The van der Waals surface area contributed by atoms with E-state index in [-0.39, 0.29) is 12.5 Å². The first-order valence-corrected chi connectivity index (χ1v) is 3.76. The van der Waals surface area contributed by atoms with E-state index in [9.17, 15) is 9.59 Å². The second-order valence-corrected chi connectivity index (χ2v) is 2.32. The molecule has 1 amide bonds. The number of carbonyl (C=O) groups is 2. The van der Waals surface area contributed by atoms with Gasteiger partial charge in [0.1, 0.15) is 6.04 Å². The van der Waals surface area contributed by atoms with Crippen molar-refractivity contribution in [3.8, 4) is 0 Å². The average molecular weight is 174 g/mol. The molecule has 0 radical (unpaired) electrons. The summed E-state index contributed by atoms with van der Waals surface area (Å²) < 4.78 is 4.68. The highest BCUT2D eigenvalue weighted by Gasteiger charge is 2.12. The maximum Gasteiger partial charge on any atom is 0.322 e. The van der Waals surface area contributed by atoms with Gasteiger partial charge in [-0.1, -0.05) is 0 Å². The van der Waals surface area contributed by atoms with Crippen LogP contribution in [0, 0.1) is 0 Å². The van der Waals surface area contributed by atoms with Crippen molar-refractivity contribution in [2.45, 2.75) is 19.9 Å².